The van der Waals surface area contributed by atoms with Gasteiger partial charge in [-0.3, -0.25) is 14.7 Å². The molecule has 0 aromatic carbocycles. The summed E-state index contributed by atoms with van der Waals surface area (Å²) in [5, 5.41) is 3.15. The van der Waals surface area contributed by atoms with Gasteiger partial charge in [-0.1, -0.05) is 30.9 Å². The number of aromatic nitrogens is 2. The van der Waals surface area contributed by atoms with E-state index in [1.807, 2.05) is 0 Å². The maximum atomic E-state index is 12.5. The maximum Gasteiger partial charge on any atom is 0.325 e. The quantitative estimate of drug-likeness (QED) is 0.845. The van der Waals surface area contributed by atoms with Crippen molar-refractivity contribution in [2.75, 3.05) is 0 Å². The lowest BCUT2D eigenvalue weighted by Gasteiger charge is -2.30. The van der Waals surface area contributed by atoms with Crippen LogP contribution in [-0.2, 0) is 11.3 Å². The first kappa shape index (κ1) is 13.3. The zero-order chi connectivity index (χ0) is 14.2. The van der Waals surface area contributed by atoms with Crippen molar-refractivity contribution < 1.29 is 9.59 Å². The van der Waals surface area contributed by atoms with Gasteiger partial charge in [-0.2, -0.15) is 0 Å². The van der Waals surface area contributed by atoms with Crippen LogP contribution >= 0.6 is 11.6 Å². The summed E-state index contributed by atoms with van der Waals surface area (Å²) in [6.07, 6.45) is 7.40. The first-order valence-corrected chi connectivity index (χ1v) is 7.09. The minimum Gasteiger partial charge on any atom is -0.323 e. The van der Waals surface area contributed by atoms with E-state index in [-0.39, 0.29) is 23.6 Å². The molecule has 3 rings (SSSR count). The van der Waals surface area contributed by atoms with Crippen LogP contribution in [0.2, 0.25) is 5.15 Å². The first-order valence-electron chi connectivity index (χ1n) is 6.71. The Labute approximate surface area is 121 Å². The molecule has 1 aromatic rings. The summed E-state index contributed by atoms with van der Waals surface area (Å²) in [6, 6.07) is -0.339. The summed E-state index contributed by atoms with van der Waals surface area (Å²) < 4.78 is 0. The van der Waals surface area contributed by atoms with Gasteiger partial charge in [0.05, 0.1) is 24.6 Å². The number of halogens is 1. The minimum absolute atomic E-state index is 0.136. The molecule has 1 spiro atoms. The van der Waals surface area contributed by atoms with Gasteiger partial charge in [-0.15, -0.1) is 0 Å². The molecule has 2 heterocycles. The molecule has 6 nitrogen and oxygen atoms in total. The summed E-state index contributed by atoms with van der Waals surface area (Å²) in [6.45, 7) is 0.136. The SMILES string of the molecule is O=C1NC2(CCCCC2)C(=O)N1Cc1cnc(Cl)cn1. The van der Waals surface area contributed by atoms with Crippen molar-refractivity contribution in [3.63, 3.8) is 0 Å². The van der Waals surface area contributed by atoms with E-state index < -0.39 is 5.54 Å². The molecule has 1 aromatic heterocycles. The summed E-state index contributed by atoms with van der Waals surface area (Å²) >= 11 is 5.67. The standard InChI is InChI=1S/C13H15ClN4O2/c14-10-7-15-9(6-16-10)8-18-11(19)13(17-12(18)20)4-2-1-3-5-13/h6-7H,1-5,8H2,(H,17,20). The number of nitrogens with zero attached hydrogens (tertiary/aromatic N) is 3. The van der Waals surface area contributed by atoms with Crippen LogP contribution in [0.1, 0.15) is 37.8 Å². The highest BCUT2D eigenvalue weighted by molar-refractivity contribution is 6.29. The molecule has 1 saturated heterocycles. The largest absolute Gasteiger partial charge is 0.325 e. The van der Waals surface area contributed by atoms with Crippen molar-refractivity contribution in [3.05, 3.63) is 23.2 Å². The van der Waals surface area contributed by atoms with E-state index in [0.717, 1.165) is 32.1 Å². The molecule has 1 aliphatic carbocycles. The number of hydrogen-bond donors (Lipinski definition) is 1. The Kier molecular flexibility index (Phi) is 3.33. The van der Waals surface area contributed by atoms with Gasteiger partial charge in [-0.05, 0) is 12.8 Å². The highest BCUT2D eigenvalue weighted by atomic mass is 35.5. The molecule has 20 heavy (non-hydrogen) atoms. The van der Waals surface area contributed by atoms with Crippen LogP contribution in [0, 0.1) is 0 Å². The maximum absolute atomic E-state index is 12.5. The van der Waals surface area contributed by atoms with Crippen LogP contribution in [0.25, 0.3) is 0 Å². The third kappa shape index (κ3) is 2.24. The van der Waals surface area contributed by atoms with Gasteiger partial charge in [0.1, 0.15) is 10.7 Å². The second-order valence-electron chi connectivity index (χ2n) is 5.29. The molecular weight excluding hydrogens is 280 g/mol. The van der Waals surface area contributed by atoms with Crippen LogP contribution < -0.4 is 5.32 Å². The van der Waals surface area contributed by atoms with Crippen LogP contribution in [-0.4, -0.2) is 32.3 Å². The van der Waals surface area contributed by atoms with Crippen molar-refractivity contribution in [1.82, 2.24) is 20.2 Å². The minimum atomic E-state index is -0.685. The number of urea groups is 1. The van der Waals surface area contributed by atoms with Gasteiger partial charge < -0.3 is 5.32 Å². The summed E-state index contributed by atoms with van der Waals surface area (Å²) in [5.41, 5.74) is -0.138. The van der Waals surface area contributed by atoms with E-state index in [1.165, 1.54) is 17.3 Å². The Hall–Kier alpha value is -1.69. The Bertz CT molecular complexity index is 540. The smallest absolute Gasteiger partial charge is 0.323 e. The van der Waals surface area contributed by atoms with E-state index in [9.17, 15) is 9.59 Å². The van der Waals surface area contributed by atoms with Crippen molar-refractivity contribution in [2.45, 2.75) is 44.2 Å². The number of hydrogen-bond acceptors (Lipinski definition) is 4. The highest BCUT2D eigenvalue weighted by Crippen LogP contribution is 2.34. The van der Waals surface area contributed by atoms with E-state index >= 15 is 0 Å². The monoisotopic (exact) mass is 294 g/mol. The molecule has 2 aliphatic rings. The second-order valence-corrected chi connectivity index (χ2v) is 5.68. The Morgan fingerprint density at radius 3 is 2.60 bits per heavy atom. The van der Waals surface area contributed by atoms with Gasteiger partial charge in [-0.25, -0.2) is 9.78 Å². The molecule has 0 atom stereocenters. The first-order chi connectivity index (χ1) is 9.61. The Balaban J connectivity index is 1.78. The zero-order valence-corrected chi connectivity index (χ0v) is 11.7. The van der Waals surface area contributed by atoms with Crippen LogP contribution in [0.3, 0.4) is 0 Å². The van der Waals surface area contributed by atoms with E-state index in [0.29, 0.717) is 5.69 Å². The molecule has 3 amide bonds. The van der Waals surface area contributed by atoms with Gasteiger partial charge in [0.15, 0.2) is 0 Å². The predicted octanol–water partition coefficient (Wildman–Crippen LogP) is 1.88. The van der Waals surface area contributed by atoms with Crippen LogP contribution in [0.5, 0.6) is 0 Å². The van der Waals surface area contributed by atoms with E-state index in [4.69, 9.17) is 11.6 Å². The van der Waals surface area contributed by atoms with Gasteiger partial charge in [0.2, 0.25) is 0 Å². The molecule has 1 saturated carbocycles. The summed E-state index contributed by atoms with van der Waals surface area (Å²) in [5.74, 6) is -0.140. The van der Waals surface area contributed by atoms with Crippen LogP contribution in [0.4, 0.5) is 4.79 Å². The fourth-order valence-corrected chi connectivity index (χ4v) is 2.99. The lowest BCUT2D eigenvalue weighted by molar-refractivity contribution is -0.132. The fourth-order valence-electron chi connectivity index (χ4n) is 2.90. The average Bonchev–Trinajstić information content (AvgIpc) is 2.67. The van der Waals surface area contributed by atoms with Crippen molar-refractivity contribution in [2.24, 2.45) is 0 Å². The second kappa shape index (κ2) is 5.01. The molecule has 1 aliphatic heterocycles. The molecule has 0 radical (unpaired) electrons. The van der Waals surface area contributed by atoms with Gasteiger partial charge in [0.25, 0.3) is 5.91 Å². The van der Waals surface area contributed by atoms with Crippen molar-refractivity contribution in [3.8, 4) is 0 Å². The number of carbonyl (C=O) groups is 2. The molecule has 106 valence electrons. The number of amides is 3. The Morgan fingerprint density at radius 1 is 1.20 bits per heavy atom. The summed E-state index contributed by atoms with van der Waals surface area (Å²) in [7, 11) is 0. The average molecular weight is 295 g/mol. The lowest BCUT2D eigenvalue weighted by Crippen LogP contribution is -2.48. The molecule has 0 bridgehead atoms. The number of imide groups is 1. The lowest BCUT2D eigenvalue weighted by atomic mass is 9.82. The van der Waals surface area contributed by atoms with Gasteiger partial charge in [0, 0.05) is 0 Å². The zero-order valence-electron chi connectivity index (χ0n) is 10.9. The van der Waals surface area contributed by atoms with Crippen LogP contribution in [0.15, 0.2) is 12.4 Å². The van der Waals surface area contributed by atoms with Crippen molar-refractivity contribution in [1.29, 1.82) is 0 Å². The van der Waals surface area contributed by atoms with Gasteiger partial charge >= 0.3 is 6.03 Å². The normalized spacial score (nSPS) is 21.4. The number of carbonyl (C=O) groups excluding carboxylic acids is 2. The third-order valence-corrected chi connectivity index (χ3v) is 4.14. The highest BCUT2D eigenvalue weighted by Gasteiger charge is 2.51. The van der Waals surface area contributed by atoms with Crippen molar-refractivity contribution >= 4 is 23.5 Å². The number of rotatable bonds is 2. The Morgan fingerprint density at radius 2 is 1.95 bits per heavy atom. The number of nitrogens with one attached hydrogen (secondary N) is 1. The molecule has 1 N–H and O–H groups in total. The van der Waals surface area contributed by atoms with E-state index in [2.05, 4.69) is 15.3 Å². The van der Waals surface area contributed by atoms with E-state index in [1.54, 1.807) is 0 Å². The molecule has 7 heteroatoms. The predicted molar refractivity (Wildman–Crippen MR) is 71.9 cm³/mol. The topological polar surface area (TPSA) is 75.2 Å². The fraction of sp³-hybridized carbons (Fsp3) is 0.538. The third-order valence-electron chi connectivity index (χ3n) is 3.95. The molecular formula is C13H15ClN4O2. The summed E-state index contributed by atoms with van der Waals surface area (Å²) in [4.78, 5) is 33.8. The molecule has 2 fully saturated rings. The molecule has 0 unspecified atom stereocenters.